The van der Waals surface area contributed by atoms with Crippen molar-refractivity contribution < 1.29 is 4.74 Å². The van der Waals surface area contributed by atoms with Crippen molar-refractivity contribution in [3.63, 3.8) is 0 Å². The topological polar surface area (TPSA) is 85.9 Å². The van der Waals surface area contributed by atoms with Crippen LogP contribution in [-0.4, -0.2) is 14.5 Å². The lowest BCUT2D eigenvalue weighted by Crippen LogP contribution is -2.12. The lowest BCUT2D eigenvalue weighted by molar-refractivity contribution is 0.491. The number of fused-ring (bicyclic) bond motifs is 2. The number of nitrogen functional groups attached to an aromatic ring is 1. The molecule has 2 aromatic carbocycles. The first-order valence-electron chi connectivity index (χ1n) is 7.14. The Morgan fingerprint density at radius 2 is 1.87 bits per heavy atom. The number of H-pyrrole nitrogens is 1. The van der Waals surface area contributed by atoms with Crippen molar-refractivity contribution in [2.75, 3.05) is 5.73 Å². The van der Waals surface area contributed by atoms with Crippen LogP contribution in [0.1, 0.15) is 0 Å². The second kappa shape index (κ2) is 4.88. The number of anilines is 1. The Balaban J connectivity index is 1.92. The summed E-state index contributed by atoms with van der Waals surface area (Å²) in [4.78, 5) is 18.7. The van der Waals surface area contributed by atoms with Crippen LogP contribution in [0.25, 0.3) is 21.9 Å². The van der Waals surface area contributed by atoms with Crippen LogP contribution in [-0.2, 0) is 7.05 Å². The van der Waals surface area contributed by atoms with Crippen LogP contribution in [0.2, 0.25) is 0 Å². The molecule has 0 bridgehead atoms. The van der Waals surface area contributed by atoms with Gasteiger partial charge >= 0.3 is 5.69 Å². The third-order valence-corrected chi connectivity index (χ3v) is 3.89. The summed E-state index contributed by atoms with van der Waals surface area (Å²) in [6.07, 6.45) is 1.60. The molecule has 0 unspecified atom stereocenters. The molecule has 0 aliphatic rings. The van der Waals surface area contributed by atoms with Gasteiger partial charge in [-0.25, -0.2) is 9.78 Å². The van der Waals surface area contributed by atoms with Gasteiger partial charge in [0.25, 0.3) is 0 Å². The fourth-order valence-corrected chi connectivity index (χ4v) is 2.72. The predicted molar refractivity (Wildman–Crippen MR) is 89.8 cm³/mol. The molecule has 0 fully saturated rings. The van der Waals surface area contributed by atoms with E-state index in [9.17, 15) is 4.79 Å². The van der Waals surface area contributed by atoms with E-state index in [1.165, 1.54) is 4.57 Å². The summed E-state index contributed by atoms with van der Waals surface area (Å²) >= 11 is 0. The van der Waals surface area contributed by atoms with E-state index < -0.39 is 0 Å². The molecule has 3 N–H and O–H groups in total. The van der Waals surface area contributed by atoms with E-state index in [0.717, 1.165) is 10.8 Å². The van der Waals surface area contributed by atoms with Crippen molar-refractivity contribution in [2.45, 2.75) is 0 Å². The lowest BCUT2D eigenvalue weighted by atomic mass is 10.1. The smallest absolute Gasteiger partial charge is 0.327 e. The summed E-state index contributed by atoms with van der Waals surface area (Å²) in [5.74, 6) is 1.24. The molecule has 0 saturated carbocycles. The number of imidazole rings is 1. The minimum atomic E-state index is -0.231. The maximum atomic E-state index is 11.8. The Hall–Kier alpha value is -3.28. The maximum absolute atomic E-state index is 11.8. The number of aryl methyl sites for hydroxylation is 1. The minimum absolute atomic E-state index is 0.231. The minimum Gasteiger partial charge on any atom is -0.454 e. The quantitative estimate of drug-likeness (QED) is 0.558. The van der Waals surface area contributed by atoms with Crippen molar-refractivity contribution in [1.82, 2.24) is 14.5 Å². The maximum Gasteiger partial charge on any atom is 0.327 e. The molecule has 6 heteroatoms. The number of pyridine rings is 1. The summed E-state index contributed by atoms with van der Waals surface area (Å²) in [5.41, 5.74) is 7.60. The van der Waals surface area contributed by atoms with Crippen LogP contribution in [0.5, 0.6) is 11.5 Å². The van der Waals surface area contributed by atoms with Crippen LogP contribution in [0.15, 0.2) is 53.5 Å². The van der Waals surface area contributed by atoms with Crippen LogP contribution >= 0.6 is 0 Å². The third-order valence-electron chi connectivity index (χ3n) is 3.89. The number of aromatic amines is 1. The molecule has 0 radical (unpaired) electrons. The first-order chi connectivity index (χ1) is 11.1. The van der Waals surface area contributed by atoms with E-state index in [4.69, 9.17) is 10.5 Å². The number of ether oxygens (including phenoxy) is 1. The van der Waals surface area contributed by atoms with Crippen molar-refractivity contribution in [2.24, 2.45) is 7.05 Å². The molecule has 0 aliphatic heterocycles. The van der Waals surface area contributed by atoms with E-state index in [1.807, 2.05) is 36.4 Å². The Labute approximate surface area is 131 Å². The number of hydrogen-bond donors (Lipinski definition) is 2. The number of nitrogens with one attached hydrogen (secondary N) is 1. The van der Waals surface area contributed by atoms with Gasteiger partial charge in [-0.3, -0.25) is 9.55 Å². The summed E-state index contributed by atoms with van der Waals surface area (Å²) in [7, 11) is 1.68. The average molecular weight is 306 g/mol. The second-order valence-electron chi connectivity index (χ2n) is 5.30. The summed E-state index contributed by atoms with van der Waals surface area (Å²) in [5, 5.41) is 1.84. The predicted octanol–water partition coefficient (Wildman–Crippen LogP) is 2.79. The highest BCUT2D eigenvalue weighted by Crippen LogP contribution is 2.34. The standard InChI is InChI=1S/C17H14N4O2/c1-21-15-14(8-9-19-16(15)20-17(21)22)23-13-7-6-12(18)10-4-2-3-5-11(10)13/h2-9H,18H2,1H3,(H,19,20,22). The first kappa shape index (κ1) is 13.4. The van der Waals surface area contributed by atoms with Crippen molar-refractivity contribution in [1.29, 1.82) is 0 Å². The van der Waals surface area contributed by atoms with E-state index in [1.54, 1.807) is 19.3 Å². The zero-order chi connectivity index (χ0) is 16.0. The Bertz CT molecular complexity index is 1090. The van der Waals surface area contributed by atoms with Gasteiger partial charge < -0.3 is 10.5 Å². The highest BCUT2D eigenvalue weighted by molar-refractivity contribution is 5.97. The summed E-state index contributed by atoms with van der Waals surface area (Å²) in [6, 6.07) is 13.1. The van der Waals surface area contributed by atoms with Gasteiger partial charge in [-0.15, -0.1) is 0 Å². The monoisotopic (exact) mass is 306 g/mol. The van der Waals surface area contributed by atoms with Crippen molar-refractivity contribution >= 4 is 27.6 Å². The van der Waals surface area contributed by atoms with E-state index in [2.05, 4.69) is 9.97 Å². The zero-order valence-electron chi connectivity index (χ0n) is 12.4. The Kier molecular flexibility index (Phi) is 2.84. The summed E-state index contributed by atoms with van der Waals surface area (Å²) in [6.45, 7) is 0. The molecule has 2 heterocycles. The fourth-order valence-electron chi connectivity index (χ4n) is 2.72. The number of aromatic nitrogens is 3. The first-order valence-corrected chi connectivity index (χ1v) is 7.14. The molecule has 4 aromatic rings. The molecular weight excluding hydrogens is 292 g/mol. The molecule has 6 nitrogen and oxygen atoms in total. The van der Waals surface area contributed by atoms with Gasteiger partial charge in [0.05, 0.1) is 0 Å². The van der Waals surface area contributed by atoms with Crippen molar-refractivity contribution in [3.8, 4) is 11.5 Å². The number of nitrogens with two attached hydrogens (primary N) is 1. The van der Waals surface area contributed by atoms with Crippen LogP contribution in [0.4, 0.5) is 5.69 Å². The summed E-state index contributed by atoms with van der Waals surface area (Å²) < 4.78 is 7.56. The van der Waals surface area contributed by atoms with Gasteiger partial charge in [0.15, 0.2) is 11.4 Å². The molecule has 0 amide bonds. The van der Waals surface area contributed by atoms with Crippen LogP contribution < -0.4 is 16.2 Å². The number of hydrogen-bond acceptors (Lipinski definition) is 4. The third kappa shape index (κ3) is 2.03. The molecule has 0 aliphatic carbocycles. The number of rotatable bonds is 2. The zero-order valence-corrected chi connectivity index (χ0v) is 12.4. The molecule has 114 valence electrons. The van der Waals surface area contributed by atoms with Gasteiger partial charge in [0, 0.05) is 35.8 Å². The van der Waals surface area contributed by atoms with Crippen molar-refractivity contribution in [3.05, 3.63) is 59.1 Å². The molecule has 2 aromatic heterocycles. The highest BCUT2D eigenvalue weighted by Gasteiger charge is 2.13. The molecule has 23 heavy (non-hydrogen) atoms. The van der Waals surface area contributed by atoms with Gasteiger partial charge in [-0.05, 0) is 12.1 Å². The molecule has 0 atom stereocenters. The Morgan fingerprint density at radius 1 is 1.09 bits per heavy atom. The molecule has 4 rings (SSSR count). The average Bonchev–Trinajstić information content (AvgIpc) is 2.86. The SMILES string of the molecule is Cn1c(=O)[nH]c2nccc(Oc3ccc(N)c4ccccc34)c21. The largest absolute Gasteiger partial charge is 0.454 e. The lowest BCUT2D eigenvalue weighted by Gasteiger charge is -2.11. The highest BCUT2D eigenvalue weighted by atomic mass is 16.5. The van der Waals surface area contributed by atoms with Crippen LogP contribution in [0, 0.1) is 0 Å². The normalized spacial score (nSPS) is 11.2. The second-order valence-corrected chi connectivity index (χ2v) is 5.30. The number of nitrogens with zero attached hydrogens (tertiary/aromatic N) is 2. The van der Waals surface area contributed by atoms with Gasteiger partial charge in [0.1, 0.15) is 11.3 Å². The molecular formula is C17H14N4O2. The Morgan fingerprint density at radius 3 is 2.70 bits per heavy atom. The van der Waals surface area contributed by atoms with Gasteiger partial charge in [-0.2, -0.15) is 0 Å². The van der Waals surface area contributed by atoms with E-state index >= 15 is 0 Å². The molecule has 0 spiro atoms. The van der Waals surface area contributed by atoms with Gasteiger partial charge in [-0.1, -0.05) is 24.3 Å². The van der Waals surface area contributed by atoms with E-state index in [0.29, 0.717) is 28.4 Å². The van der Waals surface area contributed by atoms with E-state index in [-0.39, 0.29) is 5.69 Å². The molecule has 0 saturated heterocycles. The fraction of sp³-hybridized carbons (Fsp3) is 0.0588. The van der Waals surface area contributed by atoms with Gasteiger partial charge in [0.2, 0.25) is 0 Å². The number of benzene rings is 2. The van der Waals surface area contributed by atoms with Crippen LogP contribution in [0.3, 0.4) is 0 Å².